The summed E-state index contributed by atoms with van der Waals surface area (Å²) in [5.41, 5.74) is -0.150. The van der Waals surface area contributed by atoms with Crippen LogP contribution in [-0.2, 0) is 25.0 Å². The first-order valence-electron chi connectivity index (χ1n) is 10.0. The molecule has 30 heavy (non-hydrogen) atoms. The summed E-state index contributed by atoms with van der Waals surface area (Å²) in [5.74, 6) is 1.40. The van der Waals surface area contributed by atoms with E-state index in [-0.39, 0.29) is 5.41 Å². The minimum absolute atomic E-state index is 0.195. The van der Waals surface area contributed by atoms with Gasteiger partial charge in [-0.05, 0) is 36.9 Å². The van der Waals surface area contributed by atoms with Crippen LogP contribution in [-0.4, -0.2) is 44.4 Å². The molecule has 156 valence electrons. The fourth-order valence-corrected chi connectivity index (χ4v) is 5.37. The van der Waals surface area contributed by atoms with E-state index in [0.717, 1.165) is 48.7 Å². The number of pyridine rings is 1. The molecule has 0 saturated carbocycles. The van der Waals surface area contributed by atoms with E-state index in [1.54, 1.807) is 29.2 Å². The van der Waals surface area contributed by atoms with Crippen LogP contribution in [0.25, 0.3) is 0 Å². The molecule has 2 aliphatic heterocycles. The lowest BCUT2D eigenvalue weighted by atomic mass is 9.85. The Morgan fingerprint density at radius 3 is 2.80 bits per heavy atom. The monoisotopic (exact) mass is 425 g/mol. The third-order valence-electron chi connectivity index (χ3n) is 6.18. The normalized spacial score (nSPS) is 20.7. The molecule has 0 unspecified atom stereocenters. The number of fused-ring (bicyclic) bond motifs is 2. The average Bonchev–Trinajstić information content (AvgIpc) is 3.49. The summed E-state index contributed by atoms with van der Waals surface area (Å²) in [7, 11) is 1.63. The topological polar surface area (TPSA) is 82.2 Å². The molecule has 8 nitrogen and oxygen atoms in total. The fourth-order valence-electron chi connectivity index (χ4n) is 4.68. The number of nitrogens with zero attached hydrogens (tertiary/aromatic N) is 5. The van der Waals surface area contributed by atoms with Gasteiger partial charge in [0, 0.05) is 41.7 Å². The van der Waals surface area contributed by atoms with Crippen LogP contribution in [0.5, 0.6) is 5.88 Å². The number of methoxy groups -OCH3 is 1. The highest BCUT2D eigenvalue weighted by molar-refractivity contribution is 7.09. The first-order valence-corrected chi connectivity index (χ1v) is 10.9. The number of thiophene rings is 1. The van der Waals surface area contributed by atoms with Crippen molar-refractivity contribution in [3.63, 3.8) is 0 Å². The van der Waals surface area contributed by atoms with Gasteiger partial charge in [-0.3, -0.25) is 19.1 Å². The van der Waals surface area contributed by atoms with Gasteiger partial charge in [-0.1, -0.05) is 12.1 Å². The lowest BCUT2D eigenvalue weighted by Crippen LogP contribution is -2.45. The van der Waals surface area contributed by atoms with Crippen LogP contribution >= 0.6 is 11.3 Å². The van der Waals surface area contributed by atoms with Crippen molar-refractivity contribution >= 4 is 11.3 Å². The predicted molar refractivity (Wildman–Crippen MR) is 113 cm³/mol. The maximum Gasteiger partial charge on any atom is 0.332 e. The van der Waals surface area contributed by atoms with Crippen molar-refractivity contribution in [3.05, 3.63) is 72.8 Å². The second kappa shape index (κ2) is 7.48. The van der Waals surface area contributed by atoms with E-state index in [1.165, 1.54) is 4.68 Å². The van der Waals surface area contributed by atoms with Gasteiger partial charge >= 0.3 is 11.1 Å². The molecule has 5 rings (SSSR count). The minimum Gasteiger partial charge on any atom is -0.481 e. The van der Waals surface area contributed by atoms with Gasteiger partial charge in [-0.25, -0.2) is 9.67 Å². The number of rotatable bonds is 5. The SMILES string of the molecule is COc1ncccc1CN1CC[C@@]2(CCn3c2nn(Cc2cccs2)c(=O)c3=O)C1. The molecule has 1 fully saturated rings. The molecular weight excluding hydrogens is 402 g/mol. The van der Waals surface area contributed by atoms with Crippen molar-refractivity contribution in [2.24, 2.45) is 0 Å². The second-order valence-corrected chi connectivity index (χ2v) is 9.02. The Kier molecular flexibility index (Phi) is 4.79. The molecular formula is C21H23N5O3S. The van der Waals surface area contributed by atoms with E-state index < -0.39 is 11.1 Å². The first-order chi connectivity index (χ1) is 14.6. The Morgan fingerprint density at radius 2 is 2.00 bits per heavy atom. The molecule has 3 aromatic heterocycles. The van der Waals surface area contributed by atoms with Crippen molar-refractivity contribution < 1.29 is 4.74 Å². The molecule has 5 heterocycles. The highest BCUT2D eigenvalue weighted by atomic mass is 32.1. The highest BCUT2D eigenvalue weighted by Crippen LogP contribution is 2.41. The van der Waals surface area contributed by atoms with Gasteiger partial charge in [0.05, 0.1) is 13.7 Å². The Morgan fingerprint density at radius 1 is 1.13 bits per heavy atom. The first kappa shape index (κ1) is 19.2. The van der Waals surface area contributed by atoms with Crippen LogP contribution in [0.1, 0.15) is 29.1 Å². The van der Waals surface area contributed by atoms with Crippen LogP contribution < -0.4 is 15.9 Å². The maximum absolute atomic E-state index is 12.8. The molecule has 0 aliphatic carbocycles. The minimum atomic E-state index is -0.542. The standard InChI is InChI=1S/C21H23N5O3S/c1-29-17-15(4-2-8-22-17)12-24-9-6-21(14-24)7-10-25-18(27)19(28)26(23-20(21)25)13-16-5-3-11-30-16/h2-5,8,11H,6-7,9-10,12-14H2,1H3/t21-/m1/s1. The van der Waals surface area contributed by atoms with Crippen LogP contribution in [0, 0.1) is 0 Å². The molecule has 2 aliphatic rings. The zero-order valence-electron chi connectivity index (χ0n) is 16.8. The molecule has 0 N–H and O–H groups in total. The lowest BCUT2D eigenvalue weighted by molar-refractivity contribution is 0.290. The Bertz CT molecular complexity index is 1190. The third-order valence-corrected chi connectivity index (χ3v) is 7.04. The second-order valence-electron chi connectivity index (χ2n) is 7.99. The zero-order valence-corrected chi connectivity index (χ0v) is 17.6. The van der Waals surface area contributed by atoms with Crippen molar-refractivity contribution in [3.8, 4) is 5.88 Å². The molecule has 1 spiro atoms. The van der Waals surface area contributed by atoms with E-state index in [2.05, 4.69) is 9.88 Å². The van der Waals surface area contributed by atoms with E-state index in [1.807, 2.05) is 29.6 Å². The van der Waals surface area contributed by atoms with E-state index in [9.17, 15) is 9.59 Å². The van der Waals surface area contributed by atoms with E-state index in [4.69, 9.17) is 9.84 Å². The van der Waals surface area contributed by atoms with Crippen LogP contribution in [0.4, 0.5) is 0 Å². The molecule has 1 atom stereocenters. The summed E-state index contributed by atoms with van der Waals surface area (Å²) < 4.78 is 8.34. The largest absolute Gasteiger partial charge is 0.481 e. The van der Waals surface area contributed by atoms with Gasteiger partial charge in [-0.2, -0.15) is 5.10 Å². The maximum atomic E-state index is 12.8. The molecule has 3 aromatic rings. The predicted octanol–water partition coefficient (Wildman–Crippen LogP) is 1.47. The summed E-state index contributed by atoms with van der Waals surface area (Å²) in [6.45, 7) is 3.33. The van der Waals surface area contributed by atoms with Crippen LogP contribution in [0.3, 0.4) is 0 Å². The number of likely N-dealkylation sites (tertiary alicyclic amines) is 1. The lowest BCUT2D eigenvalue weighted by Gasteiger charge is -2.24. The molecule has 0 bridgehead atoms. The summed E-state index contributed by atoms with van der Waals surface area (Å²) in [5, 5.41) is 6.67. The van der Waals surface area contributed by atoms with Gasteiger partial charge in [-0.15, -0.1) is 11.3 Å². The Balaban J connectivity index is 1.45. The van der Waals surface area contributed by atoms with Crippen LogP contribution in [0.15, 0.2) is 45.4 Å². The summed E-state index contributed by atoms with van der Waals surface area (Å²) >= 11 is 1.56. The fraction of sp³-hybridized carbons (Fsp3) is 0.429. The van der Waals surface area contributed by atoms with Gasteiger partial charge in [0.2, 0.25) is 5.88 Å². The molecule has 0 amide bonds. The number of hydrogen-bond acceptors (Lipinski definition) is 7. The average molecular weight is 426 g/mol. The number of ether oxygens (including phenoxy) is 1. The van der Waals surface area contributed by atoms with Crippen molar-refractivity contribution in [1.29, 1.82) is 0 Å². The van der Waals surface area contributed by atoms with Crippen molar-refractivity contribution in [1.82, 2.24) is 24.2 Å². The van der Waals surface area contributed by atoms with Gasteiger partial charge < -0.3 is 4.74 Å². The highest BCUT2D eigenvalue weighted by Gasteiger charge is 2.47. The van der Waals surface area contributed by atoms with Crippen molar-refractivity contribution in [2.45, 2.75) is 37.9 Å². The number of hydrogen-bond donors (Lipinski definition) is 0. The smallest absolute Gasteiger partial charge is 0.332 e. The zero-order chi connectivity index (χ0) is 20.7. The van der Waals surface area contributed by atoms with E-state index >= 15 is 0 Å². The van der Waals surface area contributed by atoms with Crippen molar-refractivity contribution in [2.75, 3.05) is 20.2 Å². The van der Waals surface area contributed by atoms with E-state index in [0.29, 0.717) is 19.0 Å². The summed E-state index contributed by atoms with van der Waals surface area (Å²) in [6.07, 6.45) is 3.47. The summed E-state index contributed by atoms with van der Waals surface area (Å²) in [6, 6.07) is 7.84. The van der Waals surface area contributed by atoms with Crippen LogP contribution in [0.2, 0.25) is 0 Å². The molecule has 0 radical (unpaired) electrons. The molecule has 9 heteroatoms. The van der Waals surface area contributed by atoms with Gasteiger partial charge in [0.25, 0.3) is 0 Å². The van der Waals surface area contributed by atoms with Gasteiger partial charge in [0.1, 0.15) is 5.82 Å². The number of aromatic nitrogens is 4. The molecule has 0 aromatic carbocycles. The Hall–Kier alpha value is -2.78. The third kappa shape index (κ3) is 3.18. The Labute approximate surface area is 177 Å². The quantitative estimate of drug-likeness (QED) is 0.576. The van der Waals surface area contributed by atoms with Gasteiger partial charge in [0.15, 0.2) is 0 Å². The molecule has 1 saturated heterocycles. The summed E-state index contributed by atoms with van der Waals surface area (Å²) in [4.78, 5) is 33.0.